The van der Waals surface area contributed by atoms with Crippen LogP contribution in [-0.4, -0.2) is 18.5 Å². The van der Waals surface area contributed by atoms with Crippen LogP contribution in [0.4, 0.5) is 0 Å². The van der Waals surface area contributed by atoms with Gasteiger partial charge in [0.1, 0.15) is 17.1 Å². The normalized spacial score (nSPS) is 16.8. The SMILES string of the molecule is COc1ccc2c(c1)OC(CC(C)C)(CC(C)C)CC2=O. The van der Waals surface area contributed by atoms with Gasteiger partial charge in [0.05, 0.1) is 19.1 Å². The predicted molar refractivity (Wildman–Crippen MR) is 84.2 cm³/mol. The number of benzene rings is 1. The second-order valence-corrected chi connectivity index (χ2v) is 6.94. The van der Waals surface area contributed by atoms with Crippen molar-refractivity contribution in [3.05, 3.63) is 23.8 Å². The summed E-state index contributed by atoms with van der Waals surface area (Å²) in [7, 11) is 1.63. The molecule has 3 heteroatoms. The minimum atomic E-state index is -0.376. The molecule has 1 aromatic carbocycles. The molecule has 0 spiro atoms. The average molecular weight is 290 g/mol. The third-order valence-electron chi connectivity index (χ3n) is 3.86. The lowest BCUT2D eigenvalue weighted by Crippen LogP contribution is -2.44. The summed E-state index contributed by atoms with van der Waals surface area (Å²) >= 11 is 0. The van der Waals surface area contributed by atoms with Crippen molar-refractivity contribution < 1.29 is 14.3 Å². The average Bonchev–Trinajstić information content (AvgIpc) is 2.35. The molecule has 0 saturated carbocycles. The van der Waals surface area contributed by atoms with Gasteiger partial charge in [-0.05, 0) is 36.8 Å². The maximum absolute atomic E-state index is 12.5. The molecule has 3 nitrogen and oxygen atoms in total. The van der Waals surface area contributed by atoms with Crippen LogP contribution in [0.3, 0.4) is 0 Å². The van der Waals surface area contributed by atoms with Crippen molar-refractivity contribution >= 4 is 5.78 Å². The van der Waals surface area contributed by atoms with Gasteiger partial charge in [0.15, 0.2) is 5.78 Å². The third kappa shape index (κ3) is 3.58. The Labute approximate surface area is 127 Å². The first-order chi connectivity index (χ1) is 9.85. The molecule has 1 aromatic rings. The van der Waals surface area contributed by atoms with E-state index in [-0.39, 0.29) is 11.4 Å². The Hall–Kier alpha value is -1.51. The van der Waals surface area contributed by atoms with E-state index in [9.17, 15) is 4.79 Å². The fourth-order valence-corrected chi connectivity index (χ4v) is 3.40. The predicted octanol–water partition coefficient (Wildman–Crippen LogP) is 4.49. The monoisotopic (exact) mass is 290 g/mol. The number of hydrogen-bond donors (Lipinski definition) is 0. The zero-order valence-corrected chi connectivity index (χ0v) is 13.7. The van der Waals surface area contributed by atoms with Crippen molar-refractivity contribution in [1.29, 1.82) is 0 Å². The number of rotatable bonds is 5. The molecule has 0 unspecified atom stereocenters. The van der Waals surface area contributed by atoms with Gasteiger partial charge in [-0.1, -0.05) is 27.7 Å². The smallest absolute Gasteiger partial charge is 0.170 e. The first-order valence-corrected chi connectivity index (χ1v) is 7.75. The fourth-order valence-electron chi connectivity index (χ4n) is 3.40. The minimum Gasteiger partial charge on any atom is -0.497 e. The molecule has 0 atom stereocenters. The Bertz CT molecular complexity index is 507. The molecule has 0 bridgehead atoms. The zero-order valence-electron chi connectivity index (χ0n) is 13.7. The van der Waals surface area contributed by atoms with Crippen LogP contribution in [-0.2, 0) is 0 Å². The van der Waals surface area contributed by atoms with Crippen LogP contribution >= 0.6 is 0 Å². The summed E-state index contributed by atoms with van der Waals surface area (Å²) in [6.45, 7) is 8.71. The summed E-state index contributed by atoms with van der Waals surface area (Å²) in [5.74, 6) is 2.56. The number of ether oxygens (including phenoxy) is 2. The van der Waals surface area contributed by atoms with Gasteiger partial charge in [-0.3, -0.25) is 4.79 Å². The van der Waals surface area contributed by atoms with Gasteiger partial charge in [0.2, 0.25) is 0 Å². The maximum atomic E-state index is 12.5. The van der Waals surface area contributed by atoms with Gasteiger partial charge in [0.25, 0.3) is 0 Å². The molecule has 0 radical (unpaired) electrons. The number of methoxy groups -OCH3 is 1. The van der Waals surface area contributed by atoms with E-state index in [0.29, 0.717) is 29.6 Å². The lowest BCUT2D eigenvalue weighted by atomic mass is 9.78. The quantitative estimate of drug-likeness (QED) is 0.801. The Kier molecular flexibility index (Phi) is 4.60. The van der Waals surface area contributed by atoms with E-state index in [1.54, 1.807) is 7.11 Å². The molecule has 116 valence electrons. The summed E-state index contributed by atoms with van der Waals surface area (Å²) in [5.41, 5.74) is 0.303. The lowest BCUT2D eigenvalue weighted by Gasteiger charge is -2.40. The van der Waals surface area contributed by atoms with E-state index in [4.69, 9.17) is 9.47 Å². The lowest BCUT2D eigenvalue weighted by molar-refractivity contribution is 0.0104. The van der Waals surface area contributed by atoms with Crippen LogP contribution in [0.1, 0.15) is 57.3 Å². The number of carbonyl (C=O) groups is 1. The molecule has 21 heavy (non-hydrogen) atoms. The van der Waals surface area contributed by atoms with E-state index >= 15 is 0 Å². The zero-order chi connectivity index (χ0) is 15.6. The highest BCUT2D eigenvalue weighted by Crippen LogP contribution is 2.41. The largest absolute Gasteiger partial charge is 0.497 e. The van der Waals surface area contributed by atoms with Crippen molar-refractivity contribution in [1.82, 2.24) is 0 Å². The standard InChI is InChI=1S/C18H26O3/c1-12(2)9-18(10-13(3)4)11-16(19)15-7-6-14(20-5)8-17(15)21-18/h6-8,12-13H,9-11H2,1-5H3. The van der Waals surface area contributed by atoms with Crippen LogP contribution in [0.5, 0.6) is 11.5 Å². The number of fused-ring (bicyclic) bond motifs is 1. The molecule has 0 N–H and O–H groups in total. The first kappa shape index (κ1) is 15.9. The molecule has 0 saturated heterocycles. The Morgan fingerprint density at radius 3 is 2.33 bits per heavy atom. The molecule has 1 heterocycles. The summed E-state index contributed by atoms with van der Waals surface area (Å²) in [6, 6.07) is 5.46. The van der Waals surface area contributed by atoms with Gasteiger partial charge in [0, 0.05) is 6.07 Å². The molecule has 0 amide bonds. The van der Waals surface area contributed by atoms with Crippen molar-refractivity contribution in [2.75, 3.05) is 7.11 Å². The summed E-state index contributed by atoms with van der Waals surface area (Å²) < 4.78 is 11.6. The molecule has 0 fully saturated rings. The summed E-state index contributed by atoms with van der Waals surface area (Å²) in [4.78, 5) is 12.5. The molecule has 0 aromatic heterocycles. The van der Waals surface area contributed by atoms with Gasteiger partial charge in [-0.2, -0.15) is 0 Å². The Balaban J connectivity index is 2.39. The van der Waals surface area contributed by atoms with Crippen molar-refractivity contribution in [3.63, 3.8) is 0 Å². The molecule has 2 rings (SSSR count). The summed E-state index contributed by atoms with van der Waals surface area (Å²) in [5, 5.41) is 0. The van der Waals surface area contributed by atoms with Crippen LogP contribution in [0.2, 0.25) is 0 Å². The molecular weight excluding hydrogens is 264 g/mol. The minimum absolute atomic E-state index is 0.181. The van der Waals surface area contributed by atoms with Gasteiger partial charge in [-0.25, -0.2) is 0 Å². The second kappa shape index (κ2) is 6.08. The summed E-state index contributed by atoms with van der Waals surface area (Å²) in [6.07, 6.45) is 2.27. The van der Waals surface area contributed by atoms with Crippen molar-refractivity contribution in [2.45, 2.75) is 52.6 Å². The molecular formula is C18H26O3. The Morgan fingerprint density at radius 2 is 1.81 bits per heavy atom. The second-order valence-electron chi connectivity index (χ2n) is 6.94. The molecule has 0 aliphatic carbocycles. The van der Waals surface area contributed by atoms with Crippen LogP contribution in [0, 0.1) is 11.8 Å². The van der Waals surface area contributed by atoms with E-state index in [2.05, 4.69) is 27.7 Å². The topological polar surface area (TPSA) is 35.5 Å². The van der Waals surface area contributed by atoms with Crippen molar-refractivity contribution in [3.8, 4) is 11.5 Å². The number of hydrogen-bond acceptors (Lipinski definition) is 3. The highest BCUT2D eigenvalue weighted by atomic mass is 16.5. The number of ketones is 1. The van der Waals surface area contributed by atoms with Crippen LogP contribution < -0.4 is 9.47 Å². The Morgan fingerprint density at radius 1 is 1.19 bits per heavy atom. The molecule has 1 aliphatic rings. The van der Waals surface area contributed by atoms with Gasteiger partial charge >= 0.3 is 0 Å². The van der Waals surface area contributed by atoms with Crippen molar-refractivity contribution in [2.24, 2.45) is 11.8 Å². The maximum Gasteiger partial charge on any atom is 0.170 e. The van der Waals surface area contributed by atoms with E-state index in [1.807, 2.05) is 18.2 Å². The van der Waals surface area contributed by atoms with E-state index in [1.165, 1.54) is 0 Å². The van der Waals surface area contributed by atoms with Gasteiger partial charge in [-0.15, -0.1) is 0 Å². The highest BCUT2D eigenvalue weighted by Gasteiger charge is 2.41. The van der Waals surface area contributed by atoms with Crippen LogP contribution in [0.25, 0.3) is 0 Å². The number of carbonyl (C=O) groups excluding carboxylic acids is 1. The first-order valence-electron chi connectivity index (χ1n) is 7.75. The third-order valence-corrected chi connectivity index (χ3v) is 3.86. The van der Waals surface area contributed by atoms with E-state index in [0.717, 1.165) is 18.6 Å². The molecule has 1 aliphatic heterocycles. The van der Waals surface area contributed by atoms with Gasteiger partial charge < -0.3 is 9.47 Å². The number of Topliss-reactive ketones (excluding diaryl/α,β-unsaturated/α-hetero) is 1. The van der Waals surface area contributed by atoms with Crippen LogP contribution in [0.15, 0.2) is 18.2 Å². The highest BCUT2D eigenvalue weighted by molar-refractivity contribution is 6.00. The fraction of sp³-hybridized carbons (Fsp3) is 0.611. The van der Waals surface area contributed by atoms with E-state index < -0.39 is 0 Å².